The minimum Gasteiger partial charge on any atom is -0.325 e. The van der Waals surface area contributed by atoms with Crippen LogP contribution in [0.3, 0.4) is 0 Å². The van der Waals surface area contributed by atoms with E-state index in [2.05, 4.69) is 35.2 Å². The highest BCUT2D eigenvalue weighted by atomic mass is 32.2. The quantitative estimate of drug-likeness (QED) is 0.570. The Balaban J connectivity index is 1.74. The maximum absolute atomic E-state index is 12.5. The van der Waals surface area contributed by atoms with Crippen molar-refractivity contribution in [2.45, 2.75) is 62.3 Å². The molecular weight excluding hydrogens is 362 g/mol. The van der Waals surface area contributed by atoms with Gasteiger partial charge in [0.15, 0.2) is 0 Å². The summed E-state index contributed by atoms with van der Waals surface area (Å²) in [5.74, 6) is 1.59. The van der Waals surface area contributed by atoms with Crippen LogP contribution in [0.5, 0.6) is 0 Å². The van der Waals surface area contributed by atoms with Gasteiger partial charge in [-0.2, -0.15) is 0 Å². The van der Waals surface area contributed by atoms with Crippen molar-refractivity contribution in [3.05, 3.63) is 40.7 Å². The van der Waals surface area contributed by atoms with Gasteiger partial charge >= 0.3 is 0 Å². The number of hydrogen-bond donors (Lipinski definition) is 1. The number of aromatic nitrogens is 2. The molecule has 0 saturated carbocycles. The molecule has 26 heavy (non-hydrogen) atoms. The number of benzene rings is 1. The van der Waals surface area contributed by atoms with E-state index in [-0.39, 0.29) is 5.91 Å². The van der Waals surface area contributed by atoms with Gasteiger partial charge in [-0.1, -0.05) is 37.7 Å². The van der Waals surface area contributed by atoms with Crippen LogP contribution in [0, 0.1) is 20.8 Å². The number of carbonyl (C=O) groups is 1. The van der Waals surface area contributed by atoms with Gasteiger partial charge in [0.2, 0.25) is 5.91 Å². The average molecular weight is 388 g/mol. The largest absolute Gasteiger partial charge is 0.325 e. The van der Waals surface area contributed by atoms with Gasteiger partial charge in [-0.25, -0.2) is 9.97 Å². The van der Waals surface area contributed by atoms with E-state index >= 15 is 0 Å². The molecule has 2 aromatic rings. The van der Waals surface area contributed by atoms with Crippen molar-refractivity contribution >= 4 is 35.1 Å². The van der Waals surface area contributed by atoms with Crippen molar-refractivity contribution in [3.8, 4) is 0 Å². The first kappa shape index (κ1) is 19.2. The smallest absolute Gasteiger partial charge is 0.234 e. The molecule has 2 atom stereocenters. The lowest BCUT2D eigenvalue weighted by Gasteiger charge is -2.15. The maximum atomic E-state index is 12.5. The van der Waals surface area contributed by atoms with E-state index in [1.807, 2.05) is 44.7 Å². The molecule has 0 saturated heterocycles. The average Bonchev–Trinajstić information content (AvgIpc) is 2.90. The summed E-state index contributed by atoms with van der Waals surface area (Å²) in [6.45, 7) is 10.4. The molecule has 6 heteroatoms. The number of carbonyl (C=O) groups excluding carboxylic acids is 1. The van der Waals surface area contributed by atoms with Crippen molar-refractivity contribution in [3.63, 3.8) is 0 Å². The molecule has 4 nitrogen and oxygen atoms in total. The van der Waals surface area contributed by atoms with Gasteiger partial charge in [-0.05, 0) is 44.4 Å². The predicted octanol–water partition coefficient (Wildman–Crippen LogP) is 5.12. The van der Waals surface area contributed by atoms with Crippen LogP contribution >= 0.6 is 23.5 Å². The standard InChI is InChI=1S/C20H25N3OS2/c1-6-15-13(4)26-20-18(15)19(21-14(5)22-20)25-10-17(24)23-16-9-11(2)7-8-12(16)3/h7-9,13,15H,6,10H2,1-5H3,(H,23,24)/t13-,15+/m1/s1. The number of hydrogen-bond acceptors (Lipinski definition) is 5. The van der Waals surface area contributed by atoms with Crippen molar-refractivity contribution in [2.75, 3.05) is 11.1 Å². The number of nitrogens with one attached hydrogen (secondary N) is 1. The molecule has 1 aromatic heterocycles. The van der Waals surface area contributed by atoms with Gasteiger partial charge < -0.3 is 5.32 Å². The molecular formula is C20H25N3OS2. The summed E-state index contributed by atoms with van der Waals surface area (Å²) in [6.07, 6.45) is 1.07. The highest BCUT2D eigenvalue weighted by molar-refractivity contribution is 8.01. The van der Waals surface area contributed by atoms with Crippen molar-refractivity contribution < 1.29 is 4.79 Å². The molecule has 138 valence electrons. The zero-order valence-electron chi connectivity index (χ0n) is 15.9. The first-order valence-electron chi connectivity index (χ1n) is 8.94. The first-order chi connectivity index (χ1) is 12.4. The lowest BCUT2D eigenvalue weighted by Crippen LogP contribution is -2.16. The third-order valence-corrected chi connectivity index (χ3v) is 6.90. The molecule has 2 heterocycles. The van der Waals surface area contributed by atoms with Crippen LogP contribution in [-0.2, 0) is 4.79 Å². The Hall–Kier alpha value is -1.53. The van der Waals surface area contributed by atoms with Gasteiger partial charge in [0, 0.05) is 22.4 Å². The Kier molecular flexibility index (Phi) is 5.92. The van der Waals surface area contributed by atoms with E-state index in [1.54, 1.807) is 0 Å². The van der Waals surface area contributed by atoms with Gasteiger partial charge in [0.25, 0.3) is 0 Å². The number of fused-ring (bicyclic) bond motifs is 1. The normalized spacial score (nSPS) is 18.7. The number of amides is 1. The van der Waals surface area contributed by atoms with Gasteiger partial charge in [0.05, 0.1) is 5.75 Å². The van der Waals surface area contributed by atoms with Gasteiger partial charge in [0.1, 0.15) is 15.9 Å². The zero-order chi connectivity index (χ0) is 18.8. The van der Waals surface area contributed by atoms with Crippen LogP contribution in [0.15, 0.2) is 28.3 Å². The Bertz CT molecular complexity index is 838. The molecule has 0 aliphatic carbocycles. The number of nitrogens with zero attached hydrogens (tertiary/aromatic N) is 2. The summed E-state index contributed by atoms with van der Waals surface area (Å²) < 4.78 is 0. The Morgan fingerprint density at radius 2 is 2.04 bits per heavy atom. The highest BCUT2D eigenvalue weighted by Crippen LogP contribution is 2.48. The summed E-state index contributed by atoms with van der Waals surface area (Å²) >= 11 is 3.35. The third-order valence-electron chi connectivity index (χ3n) is 4.67. The molecule has 1 aromatic carbocycles. The molecule has 0 radical (unpaired) electrons. The molecule has 1 N–H and O–H groups in total. The number of rotatable bonds is 5. The van der Waals surface area contributed by atoms with Crippen molar-refractivity contribution in [1.29, 1.82) is 0 Å². The Morgan fingerprint density at radius 1 is 1.27 bits per heavy atom. The van der Waals surface area contributed by atoms with Crippen LogP contribution in [0.4, 0.5) is 5.69 Å². The molecule has 1 aliphatic heterocycles. The molecule has 0 fully saturated rings. The lowest BCUT2D eigenvalue weighted by molar-refractivity contribution is -0.113. The summed E-state index contributed by atoms with van der Waals surface area (Å²) in [5, 5.41) is 5.59. The predicted molar refractivity (Wildman–Crippen MR) is 110 cm³/mol. The topological polar surface area (TPSA) is 54.9 Å². The van der Waals surface area contributed by atoms with E-state index in [4.69, 9.17) is 0 Å². The molecule has 1 aliphatic rings. The Labute approximate surface area is 164 Å². The number of aryl methyl sites for hydroxylation is 3. The monoisotopic (exact) mass is 387 g/mol. The van der Waals surface area contributed by atoms with E-state index in [9.17, 15) is 4.79 Å². The summed E-state index contributed by atoms with van der Waals surface area (Å²) in [5.41, 5.74) is 4.33. The van der Waals surface area contributed by atoms with Crippen LogP contribution in [-0.4, -0.2) is 26.9 Å². The second kappa shape index (κ2) is 8.01. The fourth-order valence-corrected chi connectivity index (χ4v) is 5.68. The molecule has 0 spiro atoms. The second-order valence-corrected chi connectivity index (χ2v) is 9.12. The summed E-state index contributed by atoms with van der Waals surface area (Å²) in [6, 6.07) is 6.09. The fraction of sp³-hybridized carbons (Fsp3) is 0.450. The van der Waals surface area contributed by atoms with E-state index < -0.39 is 0 Å². The van der Waals surface area contributed by atoms with Gasteiger partial charge in [-0.3, -0.25) is 4.79 Å². The van der Waals surface area contributed by atoms with Crippen LogP contribution in [0.1, 0.15) is 48.7 Å². The lowest BCUT2D eigenvalue weighted by atomic mass is 9.96. The van der Waals surface area contributed by atoms with Crippen LogP contribution in [0.2, 0.25) is 0 Å². The minimum atomic E-state index is 0.000428. The van der Waals surface area contributed by atoms with E-state index in [0.29, 0.717) is 16.9 Å². The van der Waals surface area contributed by atoms with E-state index in [0.717, 1.165) is 39.1 Å². The summed E-state index contributed by atoms with van der Waals surface area (Å²) in [7, 11) is 0. The summed E-state index contributed by atoms with van der Waals surface area (Å²) in [4.78, 5) is 21.7. The van der Waals surface area contributed by atoms with Crippen LogP contribution in [0.25, 0.3) is 0 Å². The third kappa shape index (κ3) is 4.07. The maximum Gasteiger partial charge on any atom is 0.234 e. The fourth-order valence-electron chi connectivity index (χ4n) is 3.27. The minimum absolute atomic E-state index is 0.000428. The molecule has 0 bridgehead atoms. The van der Waals surface area contributed by atoms with E-state index in [1.165, 1.54) is 17.3 Å². The number of thioether (sulfide) groups is 2. The van der Waals surface area contributed by atoms with Crippen molar-refractivity contribution in [1.82, 2.24) is 9.97 Å². The van der Waals surface area contributed by atoms with Crippen LogP contribution < -0.4 is 5.32 Å². The highest BCUT2D eigenvalue weighted by Gasteiger charge is 2.33. The first-order valence-corrected chi connectivity index (χ1v) is 10.8. The number of anilines is 1. The second-order valence-electron chi connectivity index (χ2n) is 6.79. The molecule has 1 amide bonds. The Morgan fingerprint density at radius 3 is 2.77 bits per heavy atom. The molecule has 0 unspecified atom stereocenters. The van der Waals surface area contributed by atoms with Gasteiger partial charge in [-0.15, -0.1) is 11.8 Å². The SMILES string of the molecule is CC[C@@H]1c2c(SCC(=O)Nc3cc(C)ccc3C)nc(C)nc2S[C@@H]1C. The molecule has 3 rings (SSSR count). The zero-order valence-corrected chi connectivity index (χ0v) is 17.6. The van der Waals surface area contributed by atoms with Crippen molar-refractivity contribution in [2.24, 2.45) is 0 Å².